The predicted octanol–water partition coefficient (Wildman–Crippen LogP) is 3.25. The van der Waals surface area contributed by atoms with Crippen LogP contribution in [0, 0.1) is 77.2 Å². The van der Waals surface area contributed by atoms with Crippen molar-refractivity contribution < 1.29 is 137 Å². The first-order valence-electron chi connectivity index (χ1n) is 9.53. The summed E-state index contributed by atoms with van der Waals surface area (Å²) in [6.45, 7) is 0. The van der Waals surface area contributed by atoms with E-state index in [4.69, 9.17) is 30.6 Å². The third kappa shape index (κ3) is 13.0. The molecule has 0 saturated heterocycles. The summed E-state index contributed by atoms with van der Waals surface area (Å²) in [4.78, 5) is 62.3. The smallest absolute Gasteiger partial charge is 0.335 e. The zero-order chi connectivity index (χ0) is 27.4. The van der Waals surface area contributed by atoms with Gasteiger partial charge < -0.3 is 30.6 Å². The molecule has 0 aliphatic heterocycles. The van der Waals surface area contributed by atoms with Gasteiger partial charge in [0.1, 0.15) is 0 Å². The first kappa shape index (κ1) is 37.2. The van der Waals surface area contributed by atoms with Crippen molar-refractivity contribution in [1.82, 2.24) is 0 Å². The van der Waals surface area contributed by atoms with Gasteiger partial charge in [-0.1, -0.05) is 18.2 Å². The maximum atomic E-state index is 10.4. The van der Waals surface area contributed by atoms with E-state index in [0.29, 0.717) is 0 Å². The Labute approximate surface area is 275 Å². The first-order chi connectivity index (χ1) is 16.8. The topological polar surface area (TPSA) is 224 Å². The molecule has 6 N–H and O–H groups in total. The Bertz CT molecular complexity index is 1070. The van der Waals surface area contributed by atoms with Crippen LogP contribution < -0.4 is 0 Å². The van der Waals surface area contributed by atoms with E-state index in [9.17, 15) is 28.8 Å². The van der Waals surface area contributed by atoms with Crippen LogP contribution in [-0.2, 0) is 0 Å². The molecule has 0 bridgehead atoms. The van der Waals surface area contributed by atoms with Crippen molar-refractivity contribution in [2.45, 2.75) is 0 Å². The number of carboxylic acid groups (broad SMARTS) is 6. The molecular formula is C24H18O12Tb2. The zero-order valence-corrected chi connectivity index (χ0v) is 23.0. The first-order valence-corrected chi connectivity index (χ1v) is 9.53. The van der Waals surface area contributed by atoms with E-state index < -0.39 is 35.8 Å². The van der Waals surface area contributed by atoms with Gasteiger partial charge in [-0.05, 0) is 54.6 Å². The Kier molecular flexibility index (Phi) is 17.9. The standard InChI is InChI=1S/3C8H6O4.2Tb/c3*9-7(10)5-2-1-3-6(4-5)8(11)12;;/h3*1-4H,(H,9,10)(H,11,12);;. The molecular weight excluding hydrogens is 798 g/mol. The van der Waals surface area contributed by atoms with Gasteiger partial charge in [0.15, 0.2) is 0 Å². The van der Waals surface area contributed by atoms with Crippen molar-refractivity contribution in [2.24, 2.45) is 0 Å². The number of aromatic carboxylic acids is 6. The minimum absolute atomic E-state index is 0. The number of rotatable bonds is 6. The number of benzene rings is 3. The maximum absolute atomic E-state index is 10.4. The summed E-state index contributed by atoms with van der Waals surface area (Å²) >= 11 is 0. The molecule has 0 unspecified atom stereocenters. The maximum Gasteiger partial charge on any atom is 0.335 e. The third-order valence-corrected chi connectivity index (χ3v) is 4.07. The van der Waals surface area contributed by atoms with Crippen LogP contribution in [0.1, 0.15) is 62.1 Å². The van der Waals surface area contributed by atoms with Gasteiger partial charge in [-0.25, -0.2) is 28.8 Å². The van der Waals surface area contributed by atoms with E-state index >= 15 is 0 Å². The fourth-order valence-corrected chi connectivity index (χ4v) is 2.36. The van der Waals surface area contributed by atoms with Gasteiger partial charge in [-0.3, -0.25) is 0 Å². The van der Waals surface area contributed by atoms with Crippen molar-refractivity contribution in [3.05, 3.63) is 106 Å². The van der Waals surface area contributed by atoms with Crippen LogP contribution in [0.25, 0.3) is 0 Å². The summed E-state index contributed by atoms with van der Waals surface area (Å²) in [6.07, 6.45) is 0. The largest absolute Gasteiger partial charge is 0.478 e. The number of hydrogen-bond donors (Lipinski definition) is 6. The molecule has 0 spiro atoms. The van der Waals surface area contributed by atoms with Gasteiger partial charge in [-0.2, -0.15) is 0 Å². The monoisotopic (exact) mass is 816 g/mol. The van der Waals surface area contributed by atoms with E-state index in [0.717, 1.165) is 18.2 Å². The molecule has 0 atom stereocenters. The molecule has 3 aromatic rings. The Morgan fingerprint density at radius 3 is 0.579 bits per heavy atom. The molecule has 0 saturated carbocycles. The Hall–Kier alpha value is -2.95. The summed E-state index contributed by atoms with van der Waals surface area (Å²) in [5.41, 5.74) is -0.112. The molecule has 3 rings (SSSR count). The van der Waals surface area contributed by atoms with Crippen LogP contribution >= 0.6 is 0 Å². The van der Waals surface area contributed by atoms with E-state index in [2.05, 4.69) is 0 Å². The van der Waals surface area contributed by atoms with E-state index in [1.165, 1.54) is 54.6 Å². The molecule has 38 heavy (non-hydrogen) atoms. The molecule has 0 fully saturated rings. The van der Waals surface area contributed by atoms with Crippen LogP contribution in [0.2, 0.25) is 0 Å². The molecule has 2 radical (unpaired) electrons. The number of hydrogen-bond acceptors (Lipinski definition) is 6. The van der Waals surface area contributed by atoms with Gasteiger partial charge in [0.2, 0.25) is 0 Å². The van der Waals surface area contributed by atoms with E-state index in [-0.39, 0.29) is 111 Å². The van der Waals surface area contributed by atoms with Gasteiger partial charge >= 0.3 is 35.8 Å². The van der Waals surface area contributed by atoms with Gasteiger partial charge in [0.05, 0.1) is 33.4 Å². The summed E-state index contributed by atoms with van der Waals surface area (Å²) in [5, 5.41) is 51.0. The van der Waals surface area contributed by atoms with Crippen molar-refractivity contribution in [3.63, 3.8) is 0 Å². The number of carboxylic acids is 6. The molecule has 0 aromatic heterocycles. The molecule has 0 amide bonds. The molecule has 0 aliphatic carbocycles. The second kappa shape index (κ2) is 18.3. The number of carbonyl (C=O) groups is 6. The van der Waals surface area contributed by atoms with E-state index in [1.807, 2.05) is 0 Å². The second-order valence-electron chi connectivity index (χ2n) is 6.57. The fraction of sp³-hybridized carbons (Fsp3) is 0. The zero-order valence-electron chi connectivity index (χ0n) is 18.7. The van der Waals surface area contributed by atoms with Crippen molar-refractivity contribution >= 4 is 35.8 Å². The van der Waals surface area contributed by atoms with Crippen LogP contribution in [0.4, 0.5) is 0 Å². The normalized spacial score (nSPS) is 8.84. The van der Waals surface area contributed by atoms with Crippen molar-refractivity contribution in [3.8, 4) is 0 Å². The predicted molar refractivity (Wildman–Crippen MR) is 121 cm³/mol. The molecule has 12 nitrogen and oxygen atoms in total. The van der Waals surface area contributed by atoms with Crippen LogP contribution in [0.3, 0.4) is 0 Å². The molecule has 0 aliphatic rings. The minimum atomic E-state index is -1.13. The quantitative estimate of drug-likeness (QED) is 0.211. The summed E-state index contributed by atoms with van der Waals surface area (Å²) < 4.78 is 0. The Morgan fingerprint density at radius 1 is 0.342 bits per heavy atom. The van der Waals surface area contributed by atoms with Gasteiger partial charge in [-0.15, -0.1) is 0 Å². The summed E-state index contributed by atoms with van der Waals surface area (Å²) in [5.74, 6) is -6.76. The molecule has 0 heterocycles. The molecule has 3 aromatic carbocycles. The van der Waals surface area contributed by atoms with Crippen molar-refractivity contribution in [2.75, 3.05) is 0 Å². The molecule has 204 valence electrons. The Balaban J connectivity index is 0. The average molecular weight is 816 g/mol. The van der Waals surface area contributed by atoms with E-state index in [1.54, 1.807) is 0 Å². The molecule has 14 heteroatoms. The average Bonchev–Trinajstić information content (AvgIpc) is 2.85. The third-order valence-electron chi connectivity index (χ3n) is 4.07. The Morgan fingerprint density at radius 2 is 0.474 bits per heavy atom. The summed E-state index contributed by atoms with van der Waals surface area (Å²) in [6, 6.07) is 15.6. The fourth-order valence-electron chi connectivity index (χ4n) is 2.36. The second-order valence-corrected chi connectivity index (χ2v) is 6.57. The van der Waals surface area contributed by atoms with Crippen molar-refractivity contribution in [1.29, 1.82) is 0 Å². The van der Waals surface area contributed by atoms with Crippen LogP contribution in [-0.4, -0.2) is 66.5 Å². The summed E-state index contributed by atoms with van der Waals surface area (Å²) in [7, 11) is 0. The van der Waals surface area contributed by atoms with Crippen LogP contribution in [0.5, 0.6) is 0 Å². The van der Waals surface area contributed by atoms with Gasteiger partial charge in [0.25, 0.3) is 0 Å². The minimum Gasteiger partial charge on any atom is -0.478 e. The van der Waals surface area contributed by atoms with Gasteiger partial charge in [0, 0.05) is 77.2 Å². The van der Waals surface area contributed by atoms with Crippen LogP contribution in [0.15, 0.2) is 72.8 Å². The SMILES string of the molecule is O=C(O)c1cccc(C(=O)O)c1.O=C(O)c1cccc(C(=O)O)c1.O=C(O)c1cccc(C(=O)O)c1.[Tb].[Tb].